The first kappa shape index (κ1) is 24.9. The van der Waals surface area contributed by atoms with Gasteiger partial charge in [0.15, 0.2) is 5.78 Å². The number of ketones is 1. The smallest absolute Gasteiger partial charge is 0.228 e. The van der Waals surface area contributed by atoms with Crippen LogP contribution in [0.3, 0.4) is 0 Å². The molecule has 0 spiro atoms. The fourth-order valence-corrected chi connectivity index (χ4v) is 3.87. The predicted molar refractivity (Wildman–Crippen MR) is 144 cm³/mol. The number of anilines is 2. The van der Waals surface area contributed by atoms with Gasteiger partial charge in [-0.1, -0.05) is 83.9 Å². The van der Waals surface area contributed by atoms with Gasteiger partial charge in [0.1, 0.15) is 0 Å². The SMILES string of the molecule is Cc1ccc(CC(=O)Nc2ccc(NC(=O)Cc3ccc(Cl)cc3)cc2C(=O)c2ccccc2)cc1. The zero-order valence-electron chi connectivity index (χ0n) is 19.8. The molecule has 0 aliphatic heterocycles. The van der Waals surface area contributed by atoms with Gasteiger partial charge in [0.05, 0.1) is 18.5 Å². The van der Waals surface area contributed by atoms with Crippen molar-refractivity contribution in [2.24, 2.45) is 0 Å². The quantitative estimate of drug-likeness (QED) is 0.283. The Kier molecular flexibility index (Phi) is 7.93. The lowest BCUT2D eigenvalue weighted by Gasteiger charge is -2.14. The van der Waals surface area contributed by atoms with Crippen molar-refractivity contribution in [1.82, 2.24) is 0 Å². The van der Waals surface area contributed by atoms with Crippen LogP contribution in [0.4, 0.5) is 11.4 Å². The van der Waals surface area contributed by atoms with Crippen LogP contribution >= 0.6 is 11.6 Å². The Morgan fingerprint density at radius 2 is 1.28 bits per heavy atom. The molecule has 4 aromatic carbocycles. The molecular weight excluding hydrogens is 472 g/mol. The highest BCUT2D eigenvalue weighted by molar-refractivity contribution is 6.30. The van der Waals surface area contributed by atoms with Crippen molar-refractivity contribution in [2.45, 2.75) is 19.8 Å². The number of rotatable bonds is 8. The molecule has 5 nitrogen and oxygen atoms in total. The van der Waals surface area contributed by atoms with Crippen LogP contribution in [0.15, 0.2) is 97.1 Å². The van der Waals surface area contributed by atoms with Gasteiger partial charge >= 0.3 is 0 Å². The van der Waals surface area contributed by atoms with Crippen molar-refractivity contribution < 1.29 is 14.4 Å². The van der Waals surface area contributed by atoms with Crippen molar-refractivity contribution in [2.75, 3.05) is 10.6 Å². The van der Waals surface area contributed by atoms with Crippen LogP contribution < -0.4 is 10.6 Å². The average molecular weight is 497 g/mol. The average Bonchev–Trinajstić information content (AvgIpc) is 2.88. The van der Waals surface area contributed by atoms with Gasteiger partial charge < -0.3 is 10.6 Å². The molecule has 0 aliphatic rings. The molecule has 0 aromatic heterocycles. The normalized spacial score (nSPS) is 10.5. The zero-order chi connectivity index (χ0) is 25.5. The van der Waals surface area contributed by atoms with Crippen molar-refractivity contribution in [3.63, 3.8) is 0 Å². The number of aryl methyl sites for hydroxylation is 1. The minimum absolute atomic E-state index is 0.161. The summed E-state index contributed by atoms with van der Waals surface area (Å²) in [6.07, 6.45) is 0.340. The van der Waals surface area contributed by atoms with Crippen molar-refractivity contribution in [3.05, 3.63) is 130 Å². The van der Waals surface area contributed by atoms with Crippen LogP contribution in [0.2, 0.25) is 5.02 Å². The number of nitrogens with one attached hydrogen (secondary N) is 2. The lowest BCUT2D eigenvalue weighted by molar-refractivity contribution is -0.116. The first-order chi connectivity index (χ1) is 17.4. The van der Waals surface area contributed by atoms with Crippen molar-refractivity contribution in [3.8, 4) is 0 Å². The first-order valence-corrected chi connectivity index (χ1v) is 11.9. The third-order valence-electron chi connectivity index (χ3n) is 5.62. The maximum Gasteiger partial charge on any atom is 0.228 e. The van der Waals surface area contributed by atoms with E-state index >= 15 is 0 Å². The summed E-state index contributed by atoms with van der Waals surface area (Å²) < 4.78 is 0. The van der Waals surface area contributed by atoms with Gasteiger partial charge in [-0.15, -0.1) is 0 Å². The molecule has 4 rings (SSSR count). The first-order valence-electron chi connectivity index (χ1n) is 11.5. The highest BCUT2D eigenvalue weighted by Crippen LogP contribution is 2.25. The van der Waals surface area contributed by atoms with E-state index in [1.807, 2.05) is 37.3 Å². The third-order valence-corrected chi connectivity index (χ3v) is 5.87. The van der Waals surface area contributed by atoms with Crippen LogP contribution in [-0.4, -0.2) is 17.6 Å². The van der Waals surface area contributed by atoms with Crippen LogP contribution in [0, 0.1) is 6.92 Å². The van der Waals surface area contributed by atoms with Gasteiger partial charge in [0, 0.05) is 21.8 Å². The second-order valence-corrected chi connectivity index (χ2v) is 8.95. The molecule has 0 unspecified atom stereocenters. The second-order valence-electron chi connectivity index (χ2n) is 8.52. The van der Waals surface area contributed by atoms with Crippen molar-refractivity contribution in [1.29, 1.82) is 0 Å². The molecule has 4 aromatic rings. The van der Waals surface area contributed by atoms with E-state index in [2.05, 4.69) is 10.6 Å². The summed E-state index contributed by atoms with van der Waals surface area (Å²) in [4.78, 5) is 38.7. The fraction of sp³-hybridized carbons (Fsp3) is 0.100. The molecule has 2 amide bonds. The molecule has 0 saturated carbocycles. The van der Waals surface area contributed by atoms with E-state index in [1.54, 1.807) is 66.7 Å². The van der Waals surface area contributed by atoms with E-state index in [0.29, 0.717) is 27.5 Å². The van der Waals surface area contributed by atoms with Crippen LogP contribution in [0.1, 0.15) is 32.6 Å². The molecule has 0 atom stereocenters. The van der Waals surface area contributed by atoms with E-state index in [-0.39, 0.29) is 30.4 Å². The molecule has 0 bridgehead atoms. The minimum Gasteiger partial charge on any atom is -0.326 e. The summed E-state index contributed by atoms with van der Waals surface area (Å²) in [5, 5.41) is 6.31. The van der Waals surface area contributed by atoms with Gasteiger partial charge in [-0.05, 0) is 48.4 Å². The fourth-order valence-electron chi connectivity index (χ4n) is 3.74. The number of hydrogen-bond donors (Lipinski definition) is 2. The molecule has 36 heavy (non-hydrogen) atoms. The monoisotopic (exact) mass is 496 g/mol. The lowest BCUT2D eigenvalue weighted by atomic mass is 10.0. The summed E-state index contributed by atoms with van der Waals surface area (Å²) in [5.41, 5.74) is 4.43. The summed E-state index contributed by atoms with van der Waals surface area (Å²) in [5.74, 6) is -0.720. The van der Waals surface area contributed by atoms with Gasteiger partial charge in [0.2, 0.25) is 11.8 Å². The molecule has 0 radical (unpaired) electrons. The van der Waals surface area contributed by atoms with Crippen LogP contribution in [0.25, 0.3) is 0 Å². The molecular formula is C30H25ClN2O3. The molecule has 180 valence electrons. The predicted octanol–water partition coefficient (Wildman–Crippen LogP) is 6.24. The Labute approximate surface area is 215 Å². The number of amides is 2. The Morgan fingerprint density at radius 3 is 1.92 bits per heavy atom. The van der Waals surface area contributed by atoms with E-state index in [4.69, 9.17) is 11.6 Å². The van der Waals surface area contributed by atoms with Crippen molar-refractivity contribution >= 4 is 40.6 Å². The molecule has 2 N–H and O–H groups in total. The largest absolute Gasteiger partial charge is 0.326 e. The molecule has 0 heterocycles. The number of carbonyl (C=O) groups excluding carboxylic acids is 3. The number of benzene rings is 4. The number of hydrogen-bond acceptors (Lipinski definition) is 3. The summed E-state index contributed by atoms with van der Waals surface area (Å²) in [7, 11) is 0. The van der Waals surface area contributed by atoms with E-state index in [9.17, 15) is 14.4 Å². The molecule has 0 fully saturated rings. The standard InChI is InChI=1S/C30H25ClN2O3/c1-20-7-9-21(10-8-20)18-29(35)33-27-16-15-25(19-26(27)30(36)23-5-3-2-4-6-23)32-28(34)17-22-11-13-24(31)14-12-22/h2-16,19H,17-18H2,1H3,(H,32,34)(H,33,35). The van der Waals surface area contributed by atoms with Crippen LogP contribution in [-0.2, 0) is 22.4 Å². The Bertz CT molecular complexity index is 1380. The van der Waals surface area contributed by atoms with Gasteiger partial charge in [0.25, 0.3) is 0 Å². The minimum atomic E-state index is -0.255. The van der Waals surface area contributed by atoms with Crippen LogP contribution in [0.5, 0.6) is 0 Å². The molecule has 0 aliphatic carbocycles. The highest BCUT2D eigenvalue weighted by Gasteiger charge is 2.17. The maximum atomic E-state index is 13.3. The maximum absolute atomic E-state index is 13.3. The van der Waals surface area contributed by atoms with Gasteiger partial charge in [-0.25, -0.2) is 0 Å². The Morgan fingerprint density at radius 1 is 0.694 bits per heavy atom. The lowest BCUT2D eigenvalue weighted by Crippen LogP contribution is -2.18. The van der Waals surface area contributed by atoms with Gasteiger partial charge in [-0.2, -0.15) is 0 Å². The Hall–Kier alpha value is -4.22. The number of halogens is 1. The summed E-state index contributed by atoms with van der Waals surface area (Å²) in [6, 6.07) is 28.5. The third kappa shape index (κ3) is 6.68. The molecule has 6 heteroatoms. The van der Waals surface area contributed by atoms with E-state index < -0.39 is 0 Å². The Balaban J connectivity index is 1.55. The second kappa shape index (κ2) is 11.5. The van der Waals surface area contributed by atoms with E-state index in [0.717, 1.165) is 16.7 Å². The topological polar surface area (TPSA) is 75.3 Å². The molecule has 0 saturated heterocycles. The van der Waals surface area contributed by atoms with Gasteiger partial charge in [-0.3, -0.25) is 14.4 Å². The highest BCUT2D eigenvalue weighted by atomic mass is 35.5. The van der Waals surface area contributed by atoms with E-state index in [1.165, 1.54) is 0 Å². The summed E-state index contributed by atoms with van der Waals surface area (Å²) in [6.45, 7) is 1.99. The zero-order valence-corrected chi connectivity index (χ0v) is 20.5. The summed E-state index contributed by atoms with van der Waals surface area (Å²) >= 11 is 5.92. The number of carbonyl (C=O) groups is 3.